The Balaban J connectivity index is 1.56. The summed E-state index contributed by atoms with van der Waals surface area (Å²) >= 11 is 1.60. The predicted octanol–water partition coefficient (Wildman–Crippen LogP) is 4.15. The standard InChI is InChI=1S/C19H21N3O3S/c1-23-13-7-8-16(24-2)14(11-13)15-5-3-9-22(15)12-18-20-21-19(25-18)17-6-4-10-26-17/h4,6-8,10-11,15H,3,5,9,12H2,1-2H3. The van der Waals surface area contributed by atoms with E-state index >= 15 is 0 Å². The summed E-state index contributed by atoms with van der Waals surface area (Å²) in [6.07, 6.45) is 2.19. The summed E-state index contributed by atoms with van der Waals surface area (Å²) in [5.74, 6) is 2.95. The third kappa shape index (κ3) is 3.32. The van der Waals surface area contributed by atoms with Gasteiger partial charge < -0.3 is 13.9 Å². The van der Waals surface area contributed by atoms with Crippen molar-refractivity contribution in [2.75, 3.05) is 20.8 Å². The van der Waals surface area contributed by atoms with E-state index in [1.165, 1.54) is 0 Å². The number of benzene rings is 1. The summed E-state index contributed by atoms with van der Waals surface area (Å²) in [7, 11) is 3.39. The Morgan fingerprint density at radius 1 is 1.23 bits per heavy atom. The second kappa shape index (κ2) is 7.47. The quantitative estimate of drug-likeness (QED) is 0.649. The molecular weight excluding hydrogens is 350 g/mol. The number of hydrogen-bond donors (Lipinski definition) is 0. The lowest BCUT2D eigenvalue weighted by Gasteiger charge is -2.25. The molecule has 1 fully saturated rings. The molecule has 1 atom stereocenters. The molecule has 3 aromatic rings. The van der Waals surface area contributed by atoms with Crippen LogP contribution in [0.1, 0.15) is 30.3 Å². The smallest absolute Gasteiger partial charge is 0.257 e. The minimum absolute atomic E-state index is 0.247. The Kier molecular flexibility index (Phi) is 4.90. The summed E-state index contributed by atoms with van der Waals surface area (Å²) < 4.78 is 16.8. The van der Waals surface area contributed by atoms with E-state index in [4.69, 9.17) is 13.9 Å². The lowest BCUT2D eigenvalue weighted by molar-refractivity contribution is 0.220. The Morgan fingerprint density at radius 2 is 2.15 bits per heavy atom. The highest BCUT2D eigenvalue weighted by Gasteiger charge is 2.30. The van der Waals surface area contributed by atoms with E-state index in [0.717, 1.165) is 41.3 Å². The Bertz CT molecular complexity index is 863. The van der Waals surface area contributed by atoms with Crippen LogP contribution in [0.2, 0.25) is 0 Å². The van der Waals surface area contributed by atoms with Crippen LogP contribution in [0.3, 0.4) is 0 Å². The zero-order valence-electron chi connectivity index (χ0n) is 14.8. The molecule has 1 aliphatic heterocycles. The summed E-state index contributed by atoms with van der Waals surface area (Å²) in [5, 5.41) is 10.4. The molecule has 0 aliphatic carbocycles. The number of nitrogens with zero attached hydrogens (tertiary/aromatic N) is 3. The van der Waals surface area contributed by atoms with Crippen molar-refractivity contribution < 1.29 is 13.9 Å². The van der Waals surface area contributed by atoms with Crippen molar-refractivity contribution in [3.8, 4) is 22.3 Å². The van der Waals surface area contributed by atoms with Gasteiger partial charge in [0, 0.05) is 11.6 Å². The molecule has 0 N–H and O–H groups in total. The first-order valence-corrected chi connectivity index (χ1v) is 9.48. The van der Waals surface area contributed by atoms with E-state index in [1.807, 2.05) is 29.6 Å². The van der Waals surface area contributed by atoms with Crippen molar-refractivity contribution in [1.29, 1.82) is 0 Å². The molecule has 1 unspecified atom stereocenters. The Morgan fingerprint density at radius 3 is 2.92 bits per heavy atom. The fourth-order valence-corrected chi connectivity index (χ4v) is 4.10. The summed E-state index contributed by atoms with van der Waals surface area (Å²) in [4.78, 5) is 3.36. The van der Waals surface area contributed by atoms with Gasteiger partial charge in [0.15, 0.2) is 0 Å². The molecule has 0 spiro atoms. The highest BCUT2D eigenvalue weighted by molar-refractivity contribution is 7.13. The van der Waals surface area contributed by atoms with Crippen LogP contribution in [0.5, 0.6) is 11.5 Å². The molecule has 3 heterocycles. The molecule has 2 aromatic heterocycles. The minimum atomic E-state index is 0.247. The number of methoxy groups -OCH3 is 2. The molecule has 4 rings (SSSR count). The van der Waals surface area contributed by atoms with Gasteiger partial charge in [0.05, 0.1) is 25.6 Å². The second-order valence-corrected chi connectivity index (χ2v) is 7.16. The molecule has 0 saturated carbocycles. The first-order valence-electron chi connectivity index (χ1n) is 8.60. The van der Waals surface area contributed by atoms with E-state index in [2.05, 4.69) is 21.2 Å². The van der Waals surface area contributed by atoms with E-state index in [0.29, 0.717) is 18.3 Å². The first-order chi connectivity index (χ1) is 12.8. The monoisotopic (exact) mass is 371 g/mol. The van der Waals surface area contributed by atoms with Crippen molar-refractivity contribution >= 4 is 11.3 Å². The number of hydrogen-bond acceptors (Lipinski definition) is 7. The van der Waals surface area contributed by atoms with E-state index in [1.54, 1.807) is 25.6 Å². The Hall–Kier alpha value is -2.38. The minimum Gasteiger partial charge on any atom is -0.497 e. The highest BCUT2D eigenvalue weighted by atomic mass is 32.1. The molecule has 0 bridgehead atoms. The van der Waals surface area contributed by atoms with Gasteiger partial charge in [-0.2, -0.15) is 0 Å². The van der Waals surface area contributed by atoms with E-state index in [-0.39, 0.29) is 6.04 Å². The largest absolute Gasteiger partial charge is 0.497 e. The zero-order valence-corrected chi connectivity index (χ0v) is 15.7. The van der Waals surface area contributed by atoms with Gasteiger partial charge in [0.1, 0.15) is 11.5 Å². The number of aromatic nitrogens is 2. The maximum absolute atomic E-state index is 5.87. The van der Waals surface area contributed by atoms with Gasteiger partial charge >= 0.3 is 0 Å². The van der Waals surface area contributed by atoms with Crippen LogP contribution < -0.4 is 9.47 Å². The van der Waals surface area contributed by atoms with Gasteiger partial charge in [-0.3, -0.25) is 4.90 Å². The summed E-state index contributed by atoms with van der Waals surface area (Å²) in [6.45, 7) is 1.62. The number of likely N-dealkylation sites (tertiary alicyclic amines) is 1. The van der Waals surface area contributed by atoms with Crippen LogP contribution in [-0.2, 0) is 6.54 Å². The van der Waals surface area contributed by atoms with Crippen molar-refractivity contribution in [3.05, 3.63) is 47.2 Å². The molecule has 1 aromatic carbocycles. The molecule has 7 heteroatoms. The third-order valence-electron chi connectivity index (χ3n) is 4.70. The Labute approximate surface area is 156 Å². The van der Waals surface area contributed by atoms with Gasteiger partial charge in [0.2, 0.25) is 5.89 Å². The molecule has 26 heavy (non-hydrogen) atoms. The predicted molar refractivity (Wildman–Crippen MR) is 99.5 cm³/mol. The summed E-state index contributed by atoms with van der Waals surface area (Å²) in [6, 6.07) is 10.2. The van der Waals surface area contributed by atoms with Gasteiger partial charge in [-0.05, 0) is 49.0 Å². The average molecular weight is 371 g/mol. The lowest BCUT2D eigenvalue weighted by Crippen LogP contribution is -2.23. The second-order valence-electron chi connectivity index (χ2n) is 6.21. The van der Waals surface area contributed by atoms with E-state index in [9.17, 15) is 0 Å². The van der Waals surface area contributed by atoms with Crippen molar-refractivity contribution in [2.45, 2.75) is 25.4 Å². The molecule has 136 valence electrons. The maximum atomic E-state index is 5.87. The molecule has 1 aliphatic rings. The van der Waals surface area contributed by atoms with Crippen molar-refractivity contribution in [2.24, 2.45) is 0 Å². The van der Waals surface area contributed by atoms with Gasteiger partial charge in [0.25, 0.3) is 5.89 Å². The van der Waals surface area contributed by atoms with Crippen molar-refractivity contribution in [1.82, 2.24) is 15.1 Å². The summed E-state index contributed by atoms with van der Waals surface area (Å²) in [5.41, 5.74) is 1.14. The fourth-order valence-electron chi connectivity index (χ4n) is 3.46. The van der Waals surface area contributed by atoms with Crippen LogP contribution in [0.4, 0.5) is 0 Å². The van der Waals surface area contributed by atoms with Crippen LogP contribution >= 0.6 is 11.3 Å². The average Bonchev–Trinajstić information content (AvgIpc) is 3.42. The van der Waals surface area contributed by atoms with Crippen LogP contribution in [0.15, 0.2) is 40.1 Å². The van der Waals surface area contributed by atoms with Crippen LogP contribution in [0, 0.1) is 0 Å². The number of ether oxygens (including phenoxy) is 2. The zero-order chi connectivity index (χ0) is 17.9. The van der Waals surface area contributed by atoms with Gasteiger partial charge in [-0.25, -0.2) is 0 Å². The molecule has 0 radical (unpaired) electrons. The normalized spacial score (nSPS) is 17.5. The van der Waals surface area contributed by atoms with E-state index < -0.39 is 0 Å². The van der Waals surface area contributed by atoms with Crippen LogP contribution in [-0.4, -0.2) is 35.9 Å². The maximum Gasteiger partial charge on any atom is 0.257 e. The number of thiophene rings is 1. The molecule has 0 amide bonds. The lowest BCUT2D eigenvalue weighted by atomic mass is 10.0. The molecule has 6 nitrogen and oxygen atoms in total. The SMILES string of the molecule is COc1ccc(OC)c(C2CCCN2Cc2nnc(-c3cccs3)o2)c1. The fraction of sp³-hybridized carbons (Fsp3) is 0.368. The van der Waals surface area contributed by atoms with Gasteiger partial charge in [-0.15, -0.1) is 21.5 Å². The van der Waals surface area contributed by atoms with Gasteiger partial charge in [-0.1, -0.05) is 6.07 Å². The highest BCUT2D eigenvalue weighted by Crippen LogP contribution is 2.39. The molecule has 1 saturated heterocycles. The topological polar surface area (TPSA) is 60.6 Å². The first kappa shape index (κ1) is 17.1. The van der Waals surface area contributed by atoms with Crippen molar-refractivity contribution in [3.63, 3.8) is 0 Å². The molecular formula is C19H21N3O3S. The third-order valence-corrected chi connectivity index (χ3v) is 5.55. The number of rotatable bonds is 6. The van der Waals surface area contributed by atoms with Crippen LogP contribution in [0.25, 0.3) is 10.8 Å².